The Morgan fingerprint density at radius 1 is 1.45 bits per heavy atom. The molecule has 0 spiro atoms. The third-order valence-corrected chi connectivity index (χ3v) is 5.34. The van der Waals surface area contributed by atoms with E-state index in [4.69, 9.17) is 5.14 Å². The number of carbonyl (C=O) groups excluding carboxylic acids is 1. The number of allylic oxidation sites excluding steroid dienone is 3. The van der Waals surface area contributed by atoms with E-state index in [2.05, 4.69) is 33.6 Å². The Hall–Kier alpha value is -2.84. The van der Waals surface area contributed by atoms with Gasteiger partial charge in [-0.3, -0.25) is 9.93 Å². The van der Waals surface area contributed by atoms with Gasteiger partial charge in [-0.25, -0.2) is 4.98 Å². The van der Waals surface area contributed by atoms with Crippen LogP contribution in [0.1, 0.15) is 29.8 Å². The van der Waals surface area contributed by atoms with Crippen molar-refractivity contribution in [1.82, 2.24) is 9.97 Å². The van der Waals surface area contributed by atoms with Crippen LogP contribution in [-0.2, 0) is 0 Å². The molecule has 0 bridgehead atoms. The zero-order chi connectivity index (χ0) is 21.0. The normalized spacial score (nSPS) is 14.9. The molecular formula is C21H26N6OS. The summed E-state index contributed by atoms with van der Waals surface area (Å²) in [6.45, 7) is 6.02. The van der Waals surface area contributed by atoms with E-state index in [0.29, 0.717) is 28.9 Å². The number of hydrogen-bond acceptors (Lipinski definition) is 7. The van der Waals surface area contributed by atoms with Crippen molar-refractivity contribution in [2.45, 2.75) is 20.8 Å². The number of anilines is 4. The summed E-state index contributed by atoms with van der Waals surface area (Å²) in [5.41, 5.74) is 3.88. The number of benzene rings is 1. The highest BCUT2D eigenvalue weighted by Gasteiger charge is 2.25. The first-order valence-electron chi connectivity index (χ1n) is 9.39. The third kappa shape index (κ3) is 4.78. The monoisotopic (exact) mass is 410 g/mol. The Bertz CT molecular complexity index is 972. The number of aromatic nitrogens is 2. The maximum absolute atomic E-state index is 12.8. The van der Waals surface area contributed by atoms with Crippen molar-refractivity contribution in [3.05, 3.63) is 59.4 Å². The maximum Gasteiger partial charge on any atom is 0.260 e. The molecule has 0 aliphatic carbocycles. The summed E-state index contributed by atoms with van der Waals surface area (Å²) in [5.74, 6) is 2.14. The molecule has 0 saturated heterocycles. The number of aryl methyl sites for hydroxylation is 1. The molecule has 1 aromatic heterocycles. The highest BCUT2D eigenvalue weighted by Crippen LogP contribution is 2.34. The Morgan fingerprint density at radius 3 is 2.97 bits per heavy atom. The van der Waals surface area contributed by atoms with E-state index in [1.54, 1.807) is 18.1 Å². The molecule has 4 N–H and O–H groups in total. The number of nitrogens with two attached hydrogens (primary N) is 1. The number of hydrogen-bond donors (Lipinski definition) is 3. The molecule has 1 atom stereocenters. The number of nitrogens with one attached hydrogen (secondary N) is 2. The fourth-order valence-corrected chi connectivity index (χ4v) is 3.36. The number of fused-ring (bicyclic) bond motifs is 2. The van der Waals surface area contributed by atoms with E-state index in [1.807, 2.05) is 44.2 Å². The first-order chi connectivity index (χ1) is 13.9. The summed E-state index contributed by atoms with van der Waals surface area (Å²) in [5, 5.41) is 12.0. The maximum atomic E-state index is 12.8. The Balaban J connectivity index is 1.88. The third-order valence-electron chi connectivity index (χ3n) is 4.62. The summed E-state index contributed by atoms with van der Waals surface area (Å²) in [6.07, 6.45) is 7.69. The number of carbonyl (C=O) groups is 1. The molecule has 1 aliphatic rings. The van der Waals surface area contributed by atoms with Gasteiger partial charge in [0.05, 0.1) is 17.4 Å². The Kier molecular flexibility index (Phi) is 6.56. The van der Waals surface area contributed by atoms with Crippen LogP contribution >= 0.6 is 11.9 Å². The molecule has 8 heteroatoms. The van der Waals surface area contributed by atoms with Gasteiger partial charge in [0, 0.05) is 18.5 Å². The van der Waals surface area contributed by atoms with Crippen molar-refractivity contribution in [2.24, 2.45) is 11.1 Å². The SMILES string of the molecule is C/C=C(\C=C/C(C)CSN)Nc1ncc2c(n1)Nc1ccc(C)cc1C(=O)N2C. The average Bonchev–Trinajstić information content (AvgIpc) is 2.80. The molecule has 0 fully saturated rings. The zero-order valence-electron chi connectivity index (χ0n) is 17.1. The van der Waals surface area contributed by atoms with E-state index in [1.165, 1.54) is 11.9 Å². The van der Waals surface area contributed by atoms with Gasteiger partial charge in [-0.1, -0.05) is 42.7 Å². The van der Waals surface area contributed by atoms with Crippen LogP contribution in [0, 0.1) is 12.8 Å². The predicted molar refractivity (Wildman–Crippen MR) is 122 cm³/mol. The Morgan fingerprint density at radius 2 is 2.24 bits per heavy atom. The average molecular weight is 411 g/mol. The van der Waals surface area contributed by atoms with Gasteiger partial charge in [0.15, 0.2) is 5.82 Å². The van der Waals surface area contributed by atoms with E-state index < -0.39 is 0 Å². The Labute approximate surface area is 175 Å². The lowest BCUT2D eigenvalue weighted by molar-refractivity contribution is 0.0994. The van der Waals surface area contributed by atoms with Crippen molar-refractivity contribution >= 4 is 41.0 Å². The molecule has 1 amide bonds. The van der Waals surface area contributed by atoms with Crippen LogP contribution in [0.15, 0.2) is 48.3 Å². The van der Waals surface area contributed by atoms with Gasteiger partial charge in [-0.15, -0.1) is 0 Å². The highest BCUT2D eigenvalue weighted by atomic mass is 32.2. The fourth-order valence-electron chi connectivity index (χ4n) is 2.95. The number of rotatable bonds is 6. The lowest BCUT2D eigenvalue weighted by atomic mass is 10.1. The summed E-state index contributed by atoms with van der Waals surface area (Å²) < 4.78 is 0. The topological polar surface area (TPSA) is 96.2 Å². The van der Waals surface area contributed by atoms with E-state index in [9.17, 15) is 4.79 Å². The molecule has 2 aromatic rings. The van der Waals surface area contributed by atoms with Gasteiger partial charge in [0.1, 0.15) is 5.69 Å². The predicted octanol–water partition coefficient (Wildman–Crippen LogP) is 4.23. The minimum atomic E-state index is -0.0944. The van der Waals surface area contributed by atoms with Crippen molar-refractivity contribution < 1.29 is 4.79 Å². The number of nitrogens with zero attached hydrogens (tertiary/aromatic N) is 3. The van der Waals surface area contributed by atoms with E-state index in [-0.39, 0.29) is 5.91 Å². The second-order valence-corrected chi connectivity index (χ2v) is 7.67. The fraction of sp³-hybridized carbons (Fsp3) is 0.286. The van der Waals surface area contributed by atoms with Gasteiger partial charge in [-0.05, 0) is 38.0 Å². The molecular weight excluding hydrogens is 384 g/mol. The standard InChI is InChI=1S/C21H26N6OS/c1-5-15(8-6-14(3)12-29-22)24-21-23-11-18-19(26-21)25-17-9-7-13(2)10-16(17)20(28)27(18)4/h5-11,14H,12,22H2,1-4H3,(H2,23,24,25,26)/b8-6-,15-5+. The van der Waals surface area contributed by atoms with Crippen LogP contribution in [0.3, 0.4) is 0 Å². The summed E-state index contributed by atoms with van der Waals surface area (Å²) >= 11 is 1.33. The van der Waals surface area contributed by atoms with Crippen LogP contribution in [0.4, 0.5) is 23.1 Å². The zero-order valence-corrected chi connectivity index (χ0v) is 17.9. The quantitative estimate of drug-likeness (QED) is 0.484. The molecule has 2 heterocycles. The van der Waals surface area contributed by atoms with Crippen molar-refractivity contribution in [3.8, 4) is 0 Å². The highest BCUT2D eigenvalue weighted by molar-refractivity contribution is 7.97. The second kappa shape index (κ2) is 9.11. The largest absolute Gasteiger partial charge is 0.338 e. The van der Waals surface area contributed by atoms with Gasteiger partial charge >= 0.3 is 0 Å². The lowest BCUT2D eigenvalue weighted by Crippen LogP contribution is -2.25. The molecule has 0 radical (unpaired) electrons. The molecule has 3 rings (SSSR count). The van der Waals surface area contributed by atoms with Crippen LogP contribution in [0.2, 0.25) is 0 Å². The summed E-state index contributed by atoms with van der Waals surface area (Å²) in [6, 6.07) is 5.74. The van der Waals surface area contributed by atoms with E-state index >= 15 is 0 Å². The molecule has 0 saturated carbocycles. The van der Waals surface area contributed by atoms with Gasteiger partial charge in [-0.2, -0.15) is 4.98 Å². The van der Waals surface area contributed by atoms with Crippen LogP contribution in [0.5, 0.6) is 0 Å². The minimum Gasteiger partial charge on any atom is -0.338 e. The van der Waals surface area contributed by atoms with Crippen molar-refractivity contribution in [1.29, 1.82) is 0 Å². The molecule has 152 valence electrons. The van der Waals surface area contributed by atoms with Crippen LogP contribution < -0.4 is 20.7 Å². The molecule has 1 aromatic carbocycles. The molecule has 1 unspecified atom stereocenters. The van der Waals surface area contributed by atoms with Crippen LogP contribution in [0.25, 0.3) is 0 Å². The minimum absolute atomic E-state index is 0.0944. The van der Waals surface area contributed by atoms with Crippen molar-refractivity contribution in [2.75, 3.05) is 28.3 Å². The summed E-state index contributed by atoms with van der Waals surface area (Å²) in [7, 11) is 1.73. The molecule has 1 aliphatic heterocycles. The van der Waals surface area contributed by atoms with Gasteiger partial charge in [0.2, 0.25) is 5.95 Å². The second-order valence-electron chi connectivity index (χ2n) is 7.00. The molecule has 7 nitrogen and oxygen atoms in total. The molecule has 29 heavy (non-hydrogen) atoms. The van der Waals surface area contributed by atoms with Crippen molar-refractivity contribution in [3.63, 3.8) is 0 Å². The van der Waals surface area contributed by atoms with Crippen LogP contribution in [-0.4, -0.2) is 28.7 Å². The van der Waals surface area contributed by atoms with Gasteiger partial charge < -0.3 is 15.5 Å². The first kappa shape index (κ1) is 20.9. The van der Waals surface area contributed by atoms with E-state index in [0.717, 1.165) is 22.7 Å². The summed E-state index contributed by atoms with van der Waals surface area (Å²) in [4.78, 5) is 23.4. The first-order valence-corrected chi connectivity index (χ1v) is 10.4. The number of amides is 1. The van der Waals surface area contributed by atoms with Gasteiger partial charge in [0.25, 0.3) is 5.91 Å². The smallest absolute Gasteiger partial charge is 0.260 e. The lowest BCUT2D eigenvalue weighted by Gasteiger charge is -2.17.